The summed E-state index contributed by atoms with van der Waals surface area (Å²) in [6.07, 6.45) is 4.89. The first-order chi connectivity index (χ1) is 13.2. The van der Waals surface area contributed by atoms with Gasteiger partial charge in [0.25, 0.3) is 0 Å². The van der Waals surface area contributed by atoms with Gasteiger partial charge in [0.15, 0.2) is 0 Å². The number of carbonyl (C=O) groups is 2. The van der Waals surface area contributed by atoms with Gasteiger partial charge in [-0.3, -0.25) is 9.59 Å². The van der Waals surface area contributed by atoms with E-state index >= 15 is 0 Å². The zero-order valence-corrected chi connectivity index (χ0v) is 15.5. The van der Waals surface area contributed by atoms with Crippen molar-refractivity contribution < 1.29 is 14.3 Å². The number of carbonyl (C=O) groups excluding carboxylic acids is 2. The van der Waals surface area contributed by atoms with Crippen molar-refractivity contribution >= 4 is 22.6 Å². The predicted molar refractivity (Wildman–Crippen MR) is 105 cm³/mol. The highest BCUT2D eigenvalue weighted by atomic mass is 16.5. The highest BCUT2D eigenvalue weighted by Gasteiger charge is 2.38. The van der Waals surface area contributed by atoms with Gasteiger partial charge in [-0.1, -0.05) is 43.2 Å². The number of hydrogen-bond acceptors (Lipinski definition) is 3. The molecule has 1 aliphatic carbocycles. The van der Waals surface area contributed by atoms with Crippen LogP contribution in [0.4, 0.5) is 0 Å². The Morgan fingerprint density at radius 3 is 2.70 bits per heavy atom. The Hall–Kier alpha value is -2.56. The molecule has 0 aromatic heterocycles. The molecule has 1 unspecified atom stereocenters. The van der Waals surface area contributed by atoms with Crippen LogP contribution < -0.4 is 10.1 Å². The lowest BCUT2D eigenvalue weighted by Crippen LogP contribution is -2.37. The molecule has 0 radical (unpaired) electrons. The van der Waals surface area contributed by atoms with E-state index in [9.17, 15) is 9.59 Å². The Labute approximate surface area is 159 Å². The minimum atomic E-state index is -0.223. The molecule has 0 spiro atoms. The van der Waals surface area contributed by atoms with E-state index in [-0.39, 0.29) is 17.7 Å². The SMILES string of the molecule is O=C(NCCOc1ccc2ccccc2c1)C1CC(=O)N(C2CCCC2)C1. The molecule has 1 aliphatic heterocycles. The molecular formula is C22H26N2O3. The molecule has 2 amide bonds. The van der Waals surface area contributed by atoms with E-state index in [2.05, 4.69) is 17.4 Å². The highest BCUT2D eigenvalue weighted by molar-refractivity contribution is 5.89. The van der Waals surface area contributed by atoms with E-state index in [1.807, 2.05) is 35.2 Å². The normalized spacial score (nSPS) is 20.4. The molecule has 1 saturated carbocycles. The van der Waals surface area contributed by atoms with Crippen LogP contribution in [0.5, 0.6) is 5.75 Å². The third kappa shape index (κ3) is 4.07. The predicted octanol–water partition coefficient (Wildman–Crippen LogP) is 3.13. The Balaban J connectivity index is 1.23. The Kier molecular flexibility index (Phi) is 5.28. The lowest BCUT2D eigenvalue weighted by molar-refractivity contribution is -0.130. The van der Waals surface area contributed by atoms with Gasteiger partial charge in [-0.05, 0) is 35.7 Å². The smallest absolute Gasteiger partial charge is 0.225 e. The Bertz CT molecular complexity index is 829. The van der Waals surface area contributed by atoms with Gasteiger partial charge < -0.3 is 15.0 Å². The number of fused-ring (bicyclic) bond motifs is 1. The number of nitrogens with zero attached hydrogens (tertiary/aromatic N) is 1. The lowest BCUT2D eigenvalue weighted by Gasteiger charge is -2.23. The fraction of sp³-hybridized carbons (Fsp3) is 0.455. The fourth-order valence-electron chi connectivity index (χ4n) is 4.22. The van der Waals surface area contributed by atoms with E-state index in [0.717, 1.165) is 24.0 Å². The lowest BCUT2D eigenvalue weighted by atomic mass is 10.1. The van der Waals surface area contributed by atoms with Crippen molar-refractivity contribution in [2.75, 3.05) is 19.7 Å². The topological polar surface area (TPSA) is 58.6 Å². The van der Waals surface area contributed by atoms with Gasteiger partial charge in [0.05, 0.1) is 12.5 Å². The average Bonchev–Trinajstić information content (AvgIpc) is 3.34. The second-order valence-corrected chi connectivity index (χ2v) is 7.53. The van der Waals surface area contributed by atoms with E-state index in [1.54, 1.807) is 0 Å². The molecule has 2 aliphatic rings. The van der Waals surface area contributed by atoms with Crippen LogP contribution in [-0.4, -0.2) is 42.5 Å². The molecule has 2 aromatic rings. The zero-order valence-electron chi connectivity index (χ0n) is 15.5. The quantitative estimate of drug-likeness (QED) is 0.799. The van der Waals surface area contributed by atoms with Gasteiger partial charge >= 0.3 is 0 Å². The van der Waals surface area contributed by atoms with Crippen LogP contribution >= 0.6 is 0 Å². The first-order valence-electron chi connectivity index (χ1n) is 9.89. The summed E-state index contributed by atoms with van der Waals surface area (Å²) in [5.41, 5.74) is 0. The van der Waals surface area contributed by atoms with Crippen LogP contribution in [-0.2, 0) is 9.59 Å². The standard InChI is InChI=1S/C22H26N2O3/c25-21-14-18(15-24(21)19-7-3-4-8-19)22(26)23-11-12-27-20-10-9-16-5-1-2-6-17(16)13-20/h1-2,5-6,9-10,13,18-19H,3-4,7-8,11-12,14-15H2,(H,23,26). The molecule has 0 bridgehead atoms. The van der Waals surface area contributed by atoms with Crippen LogP contribution in [0.1, 0.15) is 32.1 Å². The minimum absolute atomic E-state index is 0.0361. The van der Waals surface area contributed by atoms with E-state index in [4.69, 9.17) is 4.74 Å². The Morgan fingerprint density at radius 2 is 1.89 bits per heavy atom. The number of nitrogens with one attached hydrogen (secondary N) is 1. The van der Waals surface area contributed by atoms with E-state index < -0.39 is 0 Å². The van der Waals surface area contributed by atoms with Gasteiger partial charge in [0.1, 0.15) is 12.4 Å². The second kappa shape index (κ2) is 7.99. The van der Waals surface area contributed by atoms with Crippen LogP contribution in [0, 0.1) is 5.92 Å². The largest absolute Gasteiger partial charge is 0.492 e. The molecule has 1 N–H and O–H groups in total. The summed E-state index contributed by atoms with van der Waals surface area (Å²) >= 11 is 0. The number of hydrogen-bond donors (Lipinski definition) is 1. The number of ether oxygens (including phenoxy) is 1. The van der Waals surface area contributed by atoms with Crippen LogP contribution in [0.15, 0.2) is 42.5 Å². The van der Waals surface area contributed by atoms with Crippen molar-refractivity contribution in [3.63, 3.8) is 0 Å². The van der Waals surface area contributed by atoms with Crippen molar-refractivity contribution in [2.45, 2.75) is 38.1 Å². The van der Waals surface area contributed by atoms with Crippen LogP contribution in [0.3, 0.4) is 0 Å². The van der Waals surface area contributed by atoms with Gasteiger partial charge in [0.2, 0.25) is 11.8 Å². The third-order valence-corrected chi connectivity index (χ3v) is 5.69. The first kappa shape index (κ1) is 17.8. The third-order valence-electron chi connectivity index (χ3n) is 5.69. The Morgan fingerprint density at radius 1 is 1.11 bits per heavy atom. The molecule has 2 fully saturated rings. The van der Waals surface area contributed by atoms with Crippen molar-refractivity contribution in [2.24, 2.45) is 5.92 Å². The van der Waals surface area contributed by atoms with Crippen molar-refractivity contribution in [3.05, 3.63) is 42.5 Å². The molecule has 5 nitrogen and oxygen atoms in total. The summed E-state index contributed by atoms with van der Waals surface area (Å²) in [7, 11) is 0. The fourth-order valence-corrected chi connectivity index (χ4v) is 4.22. The van der Waals surface area contributed by atoms with Gasteiger partial charge in [0, 0.05) is 19.0 Å². The van der Waals surface area contributed by atoms with Crippen LogP contribution in [0.2, 0.25) is 0 Å². The minimum Gasteiger partial charge on any atom is -0.492 e. The average molecular weight is 366 g/mol. The summed E-state index contributed by atoms with van der Waals surface area (Å²) < 4.78 is 5.76. The van der Waals surface area contributed by atoms with Crippen molar-refractivity contribution in [1.29, 1.82) is 0 Å². The molecule has 27 heavy (non-hydrogen) atoms. The maximum Gasteiger partial charge on any atom is 0.225 e. The number of benzene rings is 2. The first-order valence-corrected chi connectivity index (χ1v) is 9.89. The van der Waals surface area contributed by atoms with Gasteiger partial charge in [-0.25, -0.2) is 0 Å². The van der Waals surface area contributed by atoms with Crippen molar-refractivity contribution in [1.82, 2.24) is 10.2 Å². The van der Waals surface area contributed by atoms with E-state index in [1.165, 1.54) is 18.2 Å². The molecule has 4 rings (SSSR count). The monoisotopic (exact) mass is 366 g/mol. The maximum atomic E-state index is 12.4. The molecule has 1 heterocycles. The number of likely N-dealkylation sites (tertiary alicyclic amines) is 1. The molecular weight excluding hydrogens is 340 g/mol. The molecule has 5 heteroatoms. The summed E-state index contributed by atoms with van der Waals surface area (Å²) in [4.78, 5) is 26.5. The highest BCUT2D eigenvalue weighted by Crippen LogP contribution is 2.29. The van der Waals surface area contributed by atoms with Crippen molar-refractivity contribution in [3.8, 4) is 5.75 Å². The van der Waals surface area contributed by atoms with Gasteiger partial charge in [-0.2, -0.15) is 0 Å². The summed E-state index contributed by atoms with van der Waals surface area (Å²) in [6.45, 7) is 1.43. The molecule has 142 valence electrons. The number of amides is 2. The molecule has 1 atom stereocenters. The van der Waals surface area contributed by atoms with Crippen LogP contribution in [0.25, 0.3) is 10.8 Å². The summed E-state index contributed by atoms with van der Waals surface area (Å²) in [6, 6.07) is 14.5. The second-order valence-electron chi connectivity index (χ2n) is 7.53. The van der Waals surface area contributed by atoms with E-state index in [0.29, 0.717) is 32.2 Å². The molecule has 1 saturated heterocycles. The summed E-state index contributed by atoms with van der Waals surface area (Å²) in [5, 5.41) is 5.23. The molecule has 2 aromatic carbocycles. The van der Waals surface area contributed by atoms with Gasteiger partial charge in [-0.15, -0.1) is 0 Å². The maximum absolute atomic E-state index is 12.4. The number of rotatable bonds is 6. The zero-order chi connectivity index (χ0) is 18.6. The summed E-state index contributed by atoms with van der Waals surface area (Å²) in [5.74, 6) is 0.672.